The van der Waals surface area contributed by atoms with Gasteiger partial charge in [0.25, 0.3) is 0 Å². The average molecular weight is 238 g/mol. The smallest absolute Gasteiger partial charge is 0.413 e. The van der Waals surface area contributed by atoms with Crippen LogP contribution >= 0.6 is 0 Å². The minimum atomic E-state index is -0.530. The summed E-state index contributed by atoms with van der Waals surface area (Å²) in [6.45, 7) is 5.41. The van der Waals surface area contributed by atoms with Crippen molar-refractivity contribution in [2.45, 2.75) is 51.7 Å². The molecule has 0 aromatic rings. The molecule has 2 aliphatic heterocycles. The fourth-order valence-corrected chi connectivity index (χ4v) is 2.07. The molecule has 2 rings (SSSR count). The van der Waals surface area contributed by atoms with E-state index in [1.165, 1.54) is 0 Å². The number of hydrogen-bond donors (Lipinski definition) is 1. The minimum Gasteiger partial charge on any atom is -0.444 e. The molecule has 1 saturated heterocycles. The molecule has 0 radical (unpaired) electrons. The number of nitrogens with one attached hydrogen (secondary N) is 1. The Balaban J connectivity index is 1.96. The molecule has 17 heavy (non-hydrogen) atoms. The molecule has 0 spiro atoms. The van der Waals surface area contributed by atoms with Gasteiger partial charge in [-0.3, -0.25) is 15.0 Å². The maximum atomic E-state index is 11.6. The number of alkyl carbamates (subject to hydrolysis) is 1. The summed E-state index contributed by atoms with van der Waals surface area (Å²) in [5.74, 6) is 0.642. The molecule has 0 aromatic carbocycles. The first-order valence-corrected chi connectivity index (χ1v) is 5.89. The summed E-state index contributed by atoms with van der Waals surface area (Å²) in [6, 6.07) is 0.262. The van der Waals surface area contributed by atoms with Crippen molar-refractivity contribution in [1.29, 1.82) is 0 Å². The lowest BCUT2D eigenvalue weighted by Gasteiger charge is -2.44. The van der Waals surface area contributed by atoms with E-state index in [4.69, 9.17) is 4.74 Å². The Morgan fingerprint density at radius 1 is 1.53 bits per heavy atom. The Bertz CT molecular complexity index is 382. The fourth-order valence-electron chi connectivity index (χ4n) is 2.07. The first-order chi connectivity index (χ1) is 7.87. The van der Waals surface area contributed by atoms with Crippen molar-refractivity contribution in [2.24, 2.45) is 0 Å². The summed E-state index contributed by atoms with van der Waals surface area (Å²) in [4.78, 5) is 24.7. The maximum absolute atomic E-state index is 11.6. The lowest BCUT2D eigenvalue weighted by molar-refractivity contribution is -0.143. The van der Waals surface area contributed by atoms with Crippen molar-refractivity contribution in [1.82, 2.24) is 10.2 Å². The van der Waals surface area contributed by atoms with Gasteiger partial charge >= 0.3 is 6.09 Å². The molecule has 2 amide bonds. The van der Waals surface area contributed by atoms with Crippen LogP contribution in [0.2, 0.25) is 0 Å². The van der Waals surface area contributed by atoms with Gasteiger partial charge in [-0.05, 0) is 39.7 Å². The standard InChI is InChI=1S/C12H18N2O3/c1-12(2,3)17-11(16)13-9-6-4-5-8-7-10(15)14(8)9/h6,8H,4-5,7H2,1-3H3,(H,13,16). The Labute approximate surface area is 101 Å². The first kappa shape index (κ1) is 12.0. The van der Waals surface area contributed by atoms with Gasteiger partial charge in [-0.15, -0.1) is 0 Å². The second kappa shape index (κ2) is 4.05. The minimum absolute atomic E-state index is 0.0667. The lowest BCUT2D eigenvalue weighted by Crippen LogP contribution is -2.56. The van der Waals surface area contributed by atoms with Crippen LogP contribution in [0.15, 0.2) is 11.9 Å². The summed E-state index contributed by atoms with van der Waals surface area (Å²) >= 11 is 0. The molecule has 0 aromatic heterocycles. The second-order valence-corrected chi connectivity index (χ2v) is 5.42. The summed E-state index contributed by atoms with van der Waals surface area (Å²) in [5, 5.41) is 2.64. The molecule has 1 unspecified atom stereocenters. The number of allylic oxidation sites excluding steroid dienone is 1. The quantitative estimate of drug-likeness (QED) is 0.708. The second-order valence-electron chi connectivity index (χ2n) is 5.42. The van der Waals surface area contributed by atoms with Crippen molar-refractivity contribution < 1.29 is 14.3 Å². The monoisotopic (exact) mass is 238 g/mol. The van der Waals surface area contributed by atoms with E-state index in [-0.39, 0.29) is 11.9 Å². The van der Waals surface area contributed by atoms with E-state index in [9.17, 15) is 9.59 Å². The largest absolute Gasteiger partial charge is 0.444 e. The highest BCUT2D eigenvalue weighted by atomic mass is 16.6. The molecule has 1 fully saturated rings. The lowest BCUT2D eigenvalue weighted by atomic mass is 9.93. The van der Waals surface area contributed by atoms with Gasteiger partial charge in [-0.2, -0.15) is 0 Å². The Kier molecular flexibility index (Phi) is 2.85. The Morgan fingerprint density at radius 3 is 2.82 bits per heavy atom. The summed E-state index contributed by atoms with van der Waals surface area (Å²) < 4.78 is 5.15. The highest BCUT2D eigenvalue weighted by molar-refractivity contribution is 5.86. The van der Waals surface area contributed by atoms with Crippen LogP contribution in [0.25, 0.3) is 0 Å². The number of rotatable bonds is 1. The third kappa shape index (κ3) is 2.60. The van der Waals surface area contributed by atoms with Gasteiger partial charge in [0.15, 0.2) is 0 Å². The molecule has 1 atom stereocenters. The zero-order chi connectivity index (χ0) is 12.6. The number of carbonyl (C=O) groups is 2. The van der Waals surface area contributed by atoms with Crippen LogP contribution in [0.5, 0.6) is 0 Å². The van der Waals surface area contributed by atoms with E-state index in [1.54, 1.807) is 25.7 Å². The van der Waals surface area contributed by atoms with Crippen LogP contribution in [0.3, 0.4) is 0 Å². The normalized spacial score (nSPS) is 23.5. The van der Waals surface area contributed by atoms with Gasteiger partial charge in [0, 0.05) is 12.5 Å². The highest BCUT2D eigenvalue weighted by Gasteiger charge is 2.40. The van der Waals surface area contributed by atoms with Gasteiger partial charge in [-0.1, -0.05) is 0 Å². The fraction of sp³-hybridized carbons (Fsp3) is 0.667. The zero-order valence-electron chi connectivity index (χ0n) is 10.4. The predicted molar refractivity (Wildman–Crippen MR) is 61.9 cm³/mol. The van der Waals surface area contributed by atoms with Crippen LogP contribution < -0.4 is 5.32 Å². The molecule has 2 aliphatic rings. The number of hydrogen-bond acceptors (Lipinski definition) is 3. The maximum Gasteiger partial charge on any atom is 0.413 e. The van der Waals surface area contributed by atoms with E-state index in [1.807, 2.05) is 6.08 Å². The number of carbonyl (C=O) groups excluding carboxylic acids is 2. The number of β-lactam (4-membered cyclic amide) rings is 1. The van der Waals surface area contributed by atoms with Gasteiger partial charge in [0.2, 0.25) is 5.91 Å². The van der Waals surface area contributed by atoms with Crippen molar-refractivity contribution in [2.75, 3.05) is 0 Å². The molecule has 2 heterocycles. The summed E-state index contributed by atoms with van der Waals surface area (Å²) in [5.41, 5.74) is -0.530. The summed E-state index contributed by atoms with van der Waals surface area (Å²) in [7, 11) is 0. The van der Waals surface area contributed by atoms with Gasteiger partial charge in [0.05, 0.1) is 0 Å². The number of nitrogens with zero attached hydrogens (tertiary/aromatic N) is 1. The molecule has 5 heteroatoms. The van der Waals surface area contributed by atoms with E-state index in [0.717, 1.165) is 12.8 Å². The van der Waals surface area contributed by atoms with Crippen LogP contribution in [-0.4, -0.2) is 28.5 Å². The molecular formula is C12H18N2O3. The Hall–Kier alpha value is -1.52. The third-order valence-electron chi connectivity index (χ3n) is 2.77. The first-order valence-electron chi connectivity index (χ1n) is 5.89. The predicted octanol–water partition coefficient (Wildman–Crippen LogP) is 1.75. The van der Waals surface area contributed by atoms with Crippen LogP contribution in [0, 0.1) is 0 Å². The summed E-state index contributed by atoms with van der Waals surface area (Å²) in [6.07, 6.45) is 3.82. The van der Waals surface area contributed by atoms with Crippen molar-refractivity contribution in [3.63, 3.8) is 0 Å². The van der Waals surface area contributed by atoms with E-state index < -0.39 is 11.7 Å². The SMILES string of the molecule is CC(C)(C)OC(=O)NC1=CCCC2CC(=O)N12. The Morgan fingerprint density at radius 2 is 2.24 bits per heavy atom. The van der Waals surface area contributed by atoms with Gasteiger partial charge in [-0.25, -0.2) is 4.79 Å². The number of ether oxygens (including phenoxy) is 1. The molecule has 0 bridgehead atoms. The molecular weight excluding hydrogens is 220 g/mol. The van der Waals surface area contributed by atoms with Crippen molar-refractivity contribution in [3.8, 4) is 0 Å². The number of fused-ring (bicyclic) bond motifs is 1. The highest BCUT2D eigenvalue weighted by Crippen LogP contribution is 2.31. The van der Waals surface area contributed by atoms with E-state index in [2.05, 4.69) is 5.32 Å². The molecule has 0 aliphatic carbocycles. The van der Waals surface area contributed by atoms with Gasteiger partial charge in [0.1, 0.15) is 11.4 Å². The van der Waals surface area contributed by atoms with Crippen LogP contribution in [-0.2, 0) is 9.53 Å². The van der Waals surface area contributed by atoms with Crippen molar-refractivity contribution >= 4 is 12.0 Å². The van der Waals surface area contributed by atoms with Gasteiger partial charge < -0.3 is 4.74 Å². The average Bonchev–Trinajstić information content (AvgIpc) is 2.12. The molecule has 1 N–H and O–H groups in total. The van der Waals surface area contributed by atoms with Crippen molar-refractivity contribution in [3.05, 3.63) is 11.9 Å². The molecule has 5 nitrogen and oxygen atoms in total. The number of amides is 2. The zero-order valence-corrected chi connectivity index (χ0v) is 10.4. The molecule has 0 saturated carbocycles. The topological polar surface area (TPSA) is 58.6 Å². The van der Waals surface area contributed by atoms with E-state index >= 15 is 0 Å². The van der Waals surface area contributed by atoms with E-state index in [0.29, 0.717) is 12.2 Å². The van der Waals surface area contributed by atoms with Crippen LogP contribution in [0.1, 0.15) is 40.0 Å². The molecule has 94 valence electrons. The van der Waals surface area contributed by atoms with Crippen LogP contribution in [0.4, 0.5) is 4.79 Å². The third-order valence-corrected chi connectivity index (χ3v) is 2.77.